The van der Waals surface area contributed by atoms with Gasteiger partial charge in [-0.15, -0.1) is 0 Å². The highest BCUT2D eigenvalue weighted by molar-refractivity contribution is 5.80. The van der Waals surface area contributed by atoms with Gasteiger partial charge < -0.3 is 9.47 Å². The van der Waals surface area contributed by atoms with Crippen molar-refractivity contribution in [2.75, 3.05) is 6.54 Å². The molecule has 3 heterocycles. The van der Waals surface area contributed by atoms with Gasteiger partial charge in [0.25, 0.3) is 0 Å². The molecule has 1 aliphatic heterocycles. The summed E-state index contributed by atoms with van der Waals surface area (Å²) in [5.41, 5.74) is 4.71. The second-order valence-corrected chi connectivity index (χ2v) is 8.50. The van der Waals surface area contributed by atoms with Gasteiger partial charge in [0.1, 0.15) is 5.69 Å². The van der Waals surface area contributed by atoms with Gasteiger partial charge in [-0.25, -0.2) is 4.98 Å². The van der Waals surface area contributed by atoms with Gasteiger partial charge >= 0.3 is 0 Å². The summed E-state index contributed by atoms with van der Waals surface area (Å²) < 4.78 is 4.47. The molecule has 0 radical (unpaired) electrons. The molecule has 1 amide bonds. The van der Waals surface area contributed by atoms with Crippen LogP contribution in [-0.2, 0) is 30.8 Å². The number of hydrogen-bond acceptors (Lipinski definition) is 3. The number of rotatable bonds is 5. The summed E-state index contributed by atoms with van der Waals surface area (Å²) >= 11 is 0. The van der Waals surface area contributed by atoms with E-state index in [4.69, 9.17) is 10.1 Å². The summed E-state index contributed by atoms with van der Waals surface area (Å²) in [6.07, 6.45) is 8.84. The molecule has 2 aliphatic carbocycles. The molecule has 0 saturated heterocycles. The molecule has 6 nitrogen and oxygen atoms in total. The minimum Gasteiger partial charge on any atom is -0.338 e. The largest absolute Gasteiger partial charge is 0.338 e. The molecule has 6 heteroatoms. The first-order chi connectivity index (χ1) is 13.2. The Hall–Kier alpha value is -2.11. The maximum absolute atomic E-state index is 12.8. The zero-order chi connectivity index (χ0) is 18.5. The highest BCUT2D eigenvalue weighted by atomic mass is 16.2. The molecule has 0 bridgehead atoms. The third kappa shape index (κ3) is 2.89. The number of amides is 1. The zero-order valence-electron chi connectivity index (χ0n) is 16.4. The van der Waals surface area contributed by atoms with Crippen LogP contribution >= 0.6 is 0 Å². The zero-order valence-corrected chi connectivity index (χ0v) is 16.4. The van der Waals surface area contributed by atoms with Gasteiger partial charge in [-0.1, -0.05) is 6.42 Å². The highest BCUT2D eigenvalue weighted by Gasteiger charge is 2.34. The maximum Gasteiger partial charge on any atom is 0.225 e. The van der Waals surface area contributed by atoms with Gasteiger partial charge in [-0.2, -0.15) is 5.10 Å². The van der Waals surface area contributed by atoms with Crippen molar-refractivity contribution < 1.29 is 4.79 Å². The summed E-state index contributed by atoms with van der Waals surface area (Å²) in [5, 5.41) is 4.95. The first-order valence-electron chi connectivity index (χ1n) is 10.6. The summed E-state index contributed by atoms with van der Waals surface area (Å²) in [6.45, 7) is 7.69. The SMILES string of the molecule is CCn1nc(-c2ncc(C)n2CC2CC2)c2c1CCN(C(=O)C1CCC1)C2. The van der Waals surface area contributed by atoms with Crippen LogP contribution < -0.4 is 0 Å². The Balaban J connectivity index is 1.51. The average molecular weight is 367 g/mol. The first-order valence-corrected chi connectivity index (χ1v) is 10.6. The lowest BCUT2D eigenvalue weighted by molar-refractivity contribution is -0.139. The molecule has 0 unspecified atom stereocenters. The molecule has 144 valence electrons. The quantitative estimate of drug-likeness (QED) is 0.816. The molecule has 0 N–H and O–H groups in total. The third-order valence-corrected chi connectivity index (χ3v) is 6.60. The van der Waals surface area contributed by atoms with E-state index in [0.717, 1.165) is 56.3 Å². The van der Waals surface area contributed by atoms with Crippen molar-refractivity contribution in [2.45, 2.75) is 72.0 Å². The van der Waals surface area contributed by atoms with Crippen LogP contribution in [0.15, 0.2) is 6.20 Å². The molecular weight excluding hydrogens is 338 g/mol. The van der Waals surface area contributed by atoms with Crippen molar-refractivity contribution in [2.24, 2.45) is 11.8 Å². The normalized spacial score (nSPS) is 19.9. The molecule has 3 aliphatic rings. The molecule has 2 fully saturated rings. The molecule has 27 heavy (non-hydrogen) atoms. The predicted octanol–water partition coefficient (Wildman–Crippen LogP) is 3.17. The van der Waals surface area contributed by atoms with E-state index in [-0.39, 0.29) is 5.92 Å². The number of carbonyl (C=O) groups is 1. The Kier molecular flexibility index (Phi) is 4.10. The van der Waals surface area contributed by atoms with Crippen LogP contribution in [0.5, 0.6) is 0 Å². The van der Waals surface area contributed by atoms with Gasteiger partial charge in [-0.05, 0) is 45.4 Å². The van der Waals surface area contributed by atoms with Gasteiger partial charge in [0.05, 0.1) is 0 Å². The summed E-state index contributed by atoms with van der Waals surface area (Å²) in [4.78, 5) is 19.6. The molecule has 5 rings (SSSR count). The molecule has 0 atom stereocenters. The van der Waals surface area contributed by atoms with Crippen LogP contribution in [0.3, 0.4) is 0 Å². The second-order valence-electron chi connectivity index (χ2n) is 8.50. The van der Waals surface area contributed by atoms with Crippen LogP contribution in [0, 0.1) is 18.8 Å². The Morgan fingerprint density at radius 1 is 1.26 bits per heavy atom. The smallest absolute Gasteiger partial charge is 0.225 e. The number of fused-ring (bicyclic) bond motifs is 1. The maximum atomic E-state index is 12.8. The van der Waals surface area contributed by atoms with Gasteiger partial charge in [0, 0.05) is 61.7 Å². The standard InChI is InChI=1S/C21H29N5O/c1-3-26-18-9-10-24(21(27)16-5-4-6-16)13-17(18)19(23-26)20-22-11-14(2)25(20)12-15-7-8-15/h11,15-16H,3-10,12-13H2,1-2H3. The van der Waals surface area contributed by atoms with Crippen molar-refractivity contribution in [3.05, 3.63) is 23.1 Å². The number of aryl methyl sites for hydroxylation is 2. The molecule has 2 saturated carbocycles. The van der Waals surface area contributed by atoms with Gasteiger partial charge in [0.15, 0.2) is 5.82 Å². The fraction of sp³-hybridized carbons (Fsp3) is 0.667. The van der Waals surface area contributed by atoms with Crippen LogP contribution in [0.4, 0.5) is 0 Å². The molecule has 0 aromatic carbocycles. The van der Waals surface area contributed by atoms with E-state index in [1.165, 1.54) is 36.2 Å². The molecule has 2 aromatic heterocycles. The second kappa shape index (κ2) is 6.50. The van der Waals surface area contributed by atoms with Gasteiger partial charge in [0.2, 0.25) is 5.91 Å². The van der Waals surface area contributed by atoms with E-state index >= 15 is 0 Å². The Bertz CT molecular complexity index is 872. The fourth-order valence-electron chi connectivity index (χ4n) is 4.47. The van der Waals surface area contributed by atoms with Crippen LogP contribution in [-0.4, -0.2) is 36.7 Å². The number of nitrogens with zero attached hydrogens (tertiary/aromatic N) is 5. The average Bonchev–Trinajstić information content (AvgIpc) is 3.28. The van der Waals surface area contributed by atoms with Crippen molar-refractivity contribution in [3.8, 4) is 11.5 Å². The summed E-state index contributed by atoms with van der Waals surface area (Å²) in [7, 11) is 0. The van der Waals surface area contributed by atoms with Crippen molar-refractivity contribution in [1.82, 2.24) is 24.2 Å². The number of hydrogen-bond donors (Lipinski definition) is 0. The van der Waals surface area contributed by atoms with Crippen LogP contribution in [0.25, 0.3) is 11.5 Å². The summed E-state index contributed by atoms with van der Waals surface area (Å²) in [5.74, 6) is 2.38. The molecule has 2 aromatic rings. The van der Waals surface area contributed by atoms with Crippen molar-refractivity contribution in [1.29, 1.82) is 0 Å². The monoisotopic (exact) mass is 367 g/mol. The van der Waals surface area contributed by atoms with E-state index in [1.54, 1.807) is 0 Å². The molecular formula is C21H29N5O. The minimum absolute atomic E-state index is 0.260. The van der Waals surface area contributed by atoms with E-state index in [2.05, 4.69) is 28.0 Å². The fourth-order valence-corrected chi connectivity index (χ4v) is 4.47. The topological polar surface area (TPSA) is 56.0 Å². The lowest BCUT2D eigenvalue weighted by Crippen LogP contribution is -2.42. The van der Waals surface area contributed by atoms with E-state index < -0.39 is 0 Å². The third-order valence-electron chi connectivity index (χ3n) is 6.60. The summed E-state index contributed by atoms with van der Waals surface area (Å²) in [6, 6.07) is 0. The first kappa shape index (κ1) is 17.0. The Morgan fingerprint density at radius 3 is 2.74 bits per heavy atom. The van der Waals surface area contributed by atoms with E-state index in [9.17, 15) is 4.79 Å². The predicted molar refractivity (Wildman–Crippen MR) is 103 cm³/mol. The van der Waals surface area contributed by atoms with Crippen LogP contribution in [0.2, 0.25) is 0 Å². The van der Waals surface area contributed by atoms with Crippen molar-refractivity contribution >= 4 is 5.91 Å². The molecule has 0 spiro atoms. The number of carbonyl (C=O) groups excluding carboxylic acids is 1. The minimum atomic E-state index is 0.260. The number of aromatic nitrogens is 4. The van der Waals surface area contributed by atoms with Crippen LogP contribution in [0.1, 0.15) is 56.0 Å². The lowest BCUT2D eigenvalue weighted by atomic mass is 9.84. The van der Waals surface area contributed by atoms with E-state index in [0.29, 0.717) is 12.5 Å². The Labute approximate surface area is 160 Å². The van der Waals surface area contributed by atoms with Gasteiger partial charge in [-0.3, -0.25) is 9.48 Å². The number of imidazole rings is 1. The Morgan fingerprint density at radius 2 is 2.07 bits per heavy atom. The highest BCUT2D eigenvalue weighted by Crippen LogP contribution is 2.36. The van der Waals surface area contributed by atoms with E-state index in [1.807, 2.05) is 6.20 Å². The van der Waals surface area contributed by atoms with Crippen molar-refractivity contribution in [3.63, 3.8) is 0 Å². The lowest BCUT2D eigenvalue weighted by Gasteiger charge is -2.34.